The standard InChI is InChI=1S/C15H13NO3/c17-14-5-8-18-15-9-12(1-2-13(14)15)19-10-11-3-6-16-7-4-11/h1-4,6-7,9H,5,8,10H2. The summed E-state index contributed by atoms with van der Waals surface area (Å²) in [7, 11) is 0. The van der Waals surface area contributed by atoms with E-state index in [1.165, 1.54) is 0 Å². The second-order valence-electron chi connectivity index (χ2n) is 4.32. The normalized spacial score (nSPS) is 13.6. The Morgan fingerprint density at radius 3 is 2.89 bits per heavy atom. The van der Waals surface area contributed by atoms with Crippen LogP contribution in [0.4, 0.5) is 0 Å². The number of hydrogen-bond acceptors (Lipinski definition) is 4. The summed E-state index contributed by atoms with van der Waals surface area (Å²) in [5.74, 6) is 1.44. The van der Waals surface area contributed by atoms with E-state index >= 15 is 0 Å². The number of rotatable bonds is 3. The number of carbonyl (C=O) groups excluding carboxylic acids is 1. The number of ketones is 1. The number of pyridine rings is 1. The Kier molecular flexibility index (Phi) is 3.14. The molecular weight excluding hydrogens is 242 g/mol. The number of fused-ring (bicyclic) bond motifs is 1. The minimum Gasteiger partial charge on any atom is -0.492 e. The van der Waals surface area contributed by atoms with Crippen molar-refractivity contribution >= 4 is 5.78 Å². The van der Waals surface area contributed by atoms with Crippen molar-refractivity contribution in [1.29, 1.82) is 0 Å². The lowest BCUT2D eigenvalue weighted by molar-refractivity contribution is 0.0933. The molecule has 1 aliphatic heterocycles. The molecule has 3 rings (SSSR count). The van der Waals surface area contributed by atoms with Crippen LogP contribution in [0.5, 0.6) is 11.5 Å². The van der Waals surface area contributed by atoms with Gasteiger partial charge in [-0.05, 0) is 29.8 Å². The molecule has 0 unspecified atom stereocenters. The fourth-order valence-corrected chi connectivity index (χ4v) is 1.98. The average molecular weight is 255 g/mol. The number of aromatic nitrogens is 1. The molecule has 19 heavy (non-hydrogen) atoms. The molecule has 1 aromatic heterocycles. The molecule has 0 atom stereocenters. The molecule has 0 aliphatic carbocycles. The molecule has 0 amide bonds. The molecular formula is C15H13NO3. The van der Waals surface area contributed by atoms with E-state index in [9.17, 15) is 4.79 Å². The lowest BCUT2D eigenvalue weighted by Gasteiger charge is -2.17. The van der Waals surface area contributed by atoms with Gasteiger partial charge >= 0.3 is 0 Å². The van der Waals surface area contributed by atoms with E-state index in [0.29, 0.717) is 36.7 Å². The maximum absolute atomic E-state index is 11.6. The molecule has 1 aromatic carbocycles. The van der Waals surface area contributed by atoms with Crippen LogP contribution in [0.1, 0.15) is 22.3 Å². The van der Waals surface area contributed by atoms with Gasteiger partial charge in [0.15, 0.2) is 5.78 Å². The van der Waals surface area contributed by atoms with E-state index in [1.807, 2.05) is 12.1 Å². The van der Waals surface area contributed by atoms with Crippen molar-refractivity contribution in [3.05, 3.63) is 53.9 Å². The quantitative estimate of drug-likeness (QED) is 0.846. The van der Waals surface area contributed by atoms with Gasteiger partial charge in [0.2, 0.25) is 0 Å². The van der Waals surface area contributed by atoms with Crippen LogP contribution in [0.25, 0.3) is 0 Å². The first-order chi connectivity index (χ1) is 9.33. The van der Waals surface area contributed by atoms with Crippen LogP contribution in [-0.4, -0.2) is 17.4 Å². The lowest BCUT2D eigenvalue weighted by atomic mass is 10.1. The topological polar surface area (TPSA) is 48.4 Å². The molecule has 4 heteroatoms. The zero-order chi connectivity index (χ0) is 13.1. The van der Waals surface area contributed by atoms with Crippen molar-refractivity contribution in [2.75, 3.05) is 6.61 Å². The van der Waals surface area contributed by atoms with Crippen LogP contribution >= 0.6 is 0 Å². The summed E-state index contributed by atoms with van der Waals surface area (Å²) in [6.07, 6.45) is 3.91. The summed E-state index contributed by atoms with van der Waals surface area (Å²) in [6.45, 7) is 0.912. The summed E-state index contributed by atoms with van der Waals surface area (Å²) in [6, 6.07) is 9.13. The van der Waals surface area contributed by atoms with Gasteiger partial charge in [0, 0.05) is 24.9 Å². The Bertz CT molecular complexity index is 596. The van der Waals surface area contributed by atoms with E-state index in [4.69, 9.17) is 9.47 Å². The molecule has 0 N–H and O–H groups in total. The van der Waals surface area contributed by atoms with Gasteiger partial charge < -0.3 is 9.47 Å². The number of carbonyl (C=O) groups is 1. The van der Waals surface area contributed by atoms with E-state index in [-0.39, 0.29) is 5.78 Å². The van der Waals surface area contributed by atoms with Crippen molar-refractivity contribution in [3.8, 4) is 11.5 Å². The van der Waals surface area contributed by atoms with Crippen molar-refractivity contribution in [1.82, 2.24) is 4.98 Å². The van der Waals surface area contributed by atoms with Gasteiger partial charge in [0.1, 0.15) is 18.1 Å². The van der Waals surface area contributed by atoms with Gasteiger partial charge in [-0.1, -0.05) is 0 Å². The maximum atomic E-state index is 11.6. The molecule has 2 heterocycles. The number of benzene rings is 1. The van der Waals surface area contributed by atoms with Crippen molar-refractivity contribution < 1.29 is 14.3 Å². The van der Waals surface area contributed by atoms with Crippen molar-refractivity contribution in [2.24, 2.45) is 0 Å². The second-order valence-corrected chi connectivity index (χ2v) is 4.32. The van der Waals surface area contributed by atoms with Gasteiger partial charge in [-0.2, -0.15) is 0 Å². The van der Waals surface area contributed by atoms with Gasteiger partial charge in [0.25, 0.3) is 0 Å². The third-order valence-corrected chi connectivity index (χ3v) is 3.00. The van der Waals surface area contributed by atoms with E-state index in [1.54, 1.807) is 30.6 Å². The smallest absolute Gasteiger partial charge is 0.169 e. The molecule has 2 aromatic rings. The Morgan fingerprint density at radius 1 is 1.21 bits per heavy atom. The molecule has 0 radical (unpaired) electrons. The molecule has 4 nitrogen and oxygen atoms in total. The third kappa shape index (κ3) is 2.57. The fourth-order valence-electron chi connectivity index (χ4n) is 1.98. The highest BCUT2D eigenvalue weighted by Gasteiger charge is 2.18. The predicted octanol–water partition coefficient (Wildman–Crippen LogP) is 2.63. The second kappa shape index (κ2) is 5.10. The molecule has 0 spiro atoms. The Hall–Kier alpha value is -2.36. The summed E-state index contributed by atoms with van der Waals surface area (Å²) in [4.78, 5) is 15.6. The van der Waals surface area contributed by atoms with Crippen LogP contribution in [0.2, 0.25) is 0 Å². The minimum absolute atomic E-state index is 0.127. The van der Waals surface area contributed by atoms with Gasteiger partial charge in [-0.3, -0.25) is 9.78 Å². The number of nitrogens with zero attached hydrogens (tertiary/aromatic N) is 1. The molecule has 0 bridgehead atoms. The Morgan fingerprint density at radius 2 is 2.05 bits per heavy atom. The Balaban J connectivity index is 1.74. The Labute approximate surface area is 111 Å². The van der Waals surface area contributed by atoms with Crippen LogP contribution in [0.3, 0.4) is 0 Å². The van der Waals surface area contributed by atoms with Crippen LogP contribution < -0.4 is 9.47 Å². The van der Waals surface area contributed by atoms with Crippen LogP contribution in [0, 0.1) is 0 Å². The molecule has 0 fully saturated rings. The summed E-state index contributed by atoms with van der Waals surface area (Å²) in [5.41, 5.74) is 1.69. The first-order valence-corrected chi connectivity index (χ1v) is 6.15. The highest BCUT2D eigenvalue weighted by atomic mass is 16.5. The van der Waals surface area contributed by atoms with Crippen LogP contribution in [-0.2, 0) is 6.61 Å². The lowest BCUT2D eigenvalue weighted by Crippen LogP contribution is -2.15. The zero-order valence-electron chi connectivity index (χ0n) is 10.3. The molecule has 96 valence electrons. The van der Waals surface area contributed by atoms with Crippen LogP contribution in [0.15, 0.2) is 42.7 Å². The highest BCUT2D eigenvalue weighted by Crippen LogP contribution is 2.29. The molecule has 0 saturated heterocycles. The summed E-state index contributed by atoms with van der Waals surface area (Å²) >= 11 is 0. The van der Waals surface area contributed by atoms with E-state index in [0.717, 1.165) is 5.56 Å². The monoisotopic (exact) mass is 255 g/mol. The zero-order valence-corrected chi connectivity index (χ0v) is 10.3. The summed E-state index contributed by atoms with van der Waals surface area (Å²) in [5, 5.41) is 0. The molecule has 0 saturated carbocycles. The fraction of sp³-hybridized carbons (Fsp3) is 0.200. The van der Waals surface area contributed by atoms with E-state index < -0.39 is 0 Å². The van der Waals surface area contributed by atoms with Gasteiger partial charge in [-0.15, -0.1) is 0 Å². The first-order valence-electron chi connectivity index (χ1n) is 6.15. The largest absolute Gasteiger partial charge is 0.492 e. The van der Waals surface area contributed by atoms with E-state index in [2.05, 4.69) is 4.98 Å². The maximum Gasteiger partial charge on any atom is 0.169 e. The average Bonchev–Trinajstić information content (AvgIpc) is 2.46. The van der Waals surface area contributed by atoms with Crippen molar-refractivity contribution in [2.45, 2.75) is 13.0 Å². The first kappa shape index (κ1) is 11.7. The predicted molar refractivity (Wildman–Crippen MR) is 69.5 cm³/mol. The number of hydrogen-bond donors (Lipinski definition) is 0. The molecule has 1 aliphatic rings. The summed E-state index contributed by atoms with van der Waals surface area (Å²) < 4.78 is 11.2. The van der Waals surface area contributed by atoms with Gasteiger partial charge in [-0.25, -0.2) is 0 Å². The minimum atomic E-state index is 0.127. The number of ether oxygens (including phenoxy) is 2. The third-order valence-electron chi connectivity index (χ3n) is 3.00. The SMILES string of the molecule is O=C1CCOc2cc(OCc3ccncc3)ccc21. The van der Waals surface area contributed by atoms with Crippen molar-refractivity contribution in [3.63, 3.8) is 0 Å². The number of Topliss-reactive ketones (excluding diaryl/α,β-unsaturated/α-hetero) is 1. The highest BCUT2D eigenvalue weighted by molar-refractivity contribution is 5.99. The van der Waals surface area contributed by atoms with Gasteiger partial charge in [0.05, 0.1) is 12.2 Å².